The highest BCUT2D eigenvalue weighted by Gasteiger charge is 2.21. The number of rotatable bonds is 4. The van der Waals surface area contributed by atoms with Gasteiger partial charge < -0.3 is 10.1 Å². The van der Waals surface area contributed by atoms with Crippen LogP contribution in [0.1, 0.15) is 18.4 Å². The first-order valence-electron chi connectivity index (χ1n) is 6.81. The summed E-state index contributed by atoms with van der Waals surface area (Å²) in [5, 5.41) is 5.20. The highest BCUT2D eigenvalue weighted by atomic mass is 16.5. The largest absolute Gasteiger partial charge is 0.497 e. The molecule has 1 amide bonds. The second-order valence-electron chi connectivity index (χ2n) is 5.09. The van der Waals surface area contributed by atoms with E-state index in [1.54, 1.807) is 13.2 Å². The Morgan fingerprint density at radius 3 is 2.70 bits per heavy atom. The number of ether oxygens (including phenoxy) is 1. The third-order valence-electron chi connectivity index (χ3n) is 3.42. The summed E-state index contributed by atoms with van der Waals surface area (Å²) in [6.45, 7) is 0. The molecule has 3 heteroatoms. The lowest BCUT2D eigenvalue weighted by Crippen LogP contribution is -2.22. The number of benzene rings is 2. The van der Waals surface area contributed by atoms with E-state index < -0.39 is 0 Å². The third kappa shape index (κ3) is 2.99. The minimum absolute atomic E-state index is 0.0117. The molecule has 102 valence electrons. The zero-order valence-electron chi connectivity index (χ0n) is 11.4. The SMILES string of the molecule is COc1ccc2cc(/C=C/C(=O)NC3CC3)ccc2c1. The lowest BCUT2D eigenvalue weighted by Gasteiger charge is -2.03. The fraction of sp³-hybridized carbons (Fsp3) is 0.235. The molecule has 1 saturated carbocycles. The summed E-state index contributed by atoms with van der Waals surface area (Å²) in [4.78, 5) is 11.6. The molecule has 0 saturated heterocycles. The van der Waals surface area contributed by atoms with Crippen LogP contribution in [-0.2, 0) is 4.79 Å². The molecule has 0 spiro atoms. The Morgan fingerprint density at radius 2 is 1.95 bits per heavy atom. The van der Waals surface area contributed by atoms with Crippen LogP contribution < -0.4 is 10.1 Å². The van der Waals surface area contributed by atoms with Gasteiger partial charge in [-0.3, -0.25) is 4.79 Å². The van der Waals surface area contributed by atoms with E-state index in [1.165, 1.54) is 0 Å². The smallest absolute Gasteiger partial charge is 0.244 e. The van der Waals surface area contributed by atoms with Crippen LogP contribution in [0.5, 0.6) is 5.75 Å². The summed E-state index contributed by atoms with van der Waals surface area (Å²) in [5.41, 5.74) is 1.02. The molecule has 0 radical (unpaired) electrons. The molecule has 0 aliphatic heterocycles. The van der Waals surface area contributed by atoms with Gasteiger partial charge in [0.05, 0.1) is 7.11 Å². The van der Waals surface area contributed by atoms with Crippen molar-refractivity contribution in [3.05, 3.63) is 48.0 Å². The van der Waals surface area contributed by atoms with Crippen LogP contribution in [0.15, 0.2) is 42.5 Å². The Balaban J connectivity index is 1.77. The van der Waals surface area contributed by atoms with Crippen LogP contribution in [-0.4, -0.2) is 19.1 Å². The van der Waals surface area contributed by atoms with Gasteiger partial charge >= 0.3 is 0 Å². The molecule has 0 aromatic heterocycles. The van der Waals surface area contributed by atoms with Crippen molar-refractivity contribution in [3.63, 3.8) is 0 Å². The Hall–Kier alpha value is -2.29. The number of nitrogens with one attached hydrogen (secondary N) is 1. The number of methoxy groups -OCH3 is 1. The first-order valence-corrected chi connectivity index (χ1v) is 6.81. The standard InChI is InChI=1S/C17H17NO2/c1-20-16-8-5-13-10-12(2-4-14(13)11-16)3-9-17(19)18-15-6-7-15/h2-5,8-11,15H,6-7H2,1H3,(H,18,19)/b9-3+. The van der Waals surface area contributed by atoms with Crippen molar-refractivity contribution in [3.8, 4) is 5.75 Å². The lowest BCUT2D eigenvalue weighted by atomic mass is 10.1. The molecular formula is C17H17NO2. The molecule has 2 aromatic carbocycles. The molecule has 0 heterocycles. The van der Waals surface area contributed by atoms with E-state index in [9.17, 15) is 4.79 Å². The number of amides is 1. The summed E-state index contributed by atoms with van der Waals surface area (Å²) >= 11 is 0. The topological polar surface area (TPSA) is 38.3 Å². The zero-order chi connectivity index (χ0) is 13.9. The van der Waals surface area contributed by atoms with Gasteiger partial charge in [0, 0.05) is 12.1 Å². The van der Waals surface area contributed by atoms with Gasteiger partial charge in [-0.05, 0) is 53.5 Å². The number of carbonyl (C=O) groups excluding carboxylic acids is 1. The second-order valence-corrected chi connectivity index (χ2v) is 5.09. The number of carbonyl (C=O) groups is 1. The van der Waals surface area contributed by atoms with E-state index in [4.69, 9.17) is 4.74 Å². The predicted molar refractivity (Wildman–Crippen MR) is 80.7 cm³/mol. The first kappa shape index (κ1) is 12.7. The van der Waals surface area contributed by atoms with Gasteiger partial charge in [-0.25, -0.2) is 0 Å². The van der Waals surface area contributed by atoms with Crippen molar-refractivity contribution in [2.75, 3.05) is 7.11 Å². The van der Waals surface area contributed by atoms with E-state index in [1.807, 2.05) is 36.4 Å². The molecule has 0 atom stereocenters. The molecule has 0 unspecified atom stereocenters. The quantitative estimate of drug-likeness (QED) is 0.864. The maximum Gasteiger partial charge on any atom is 0.244 e. The van der Waals surface area contributed by atoms with Crippen LogP contribution in [0, 0.1) is 0 Å². The summed E-state index contributed by atoms with van der Waals surface area (Å²) in [5.74, 6) is 0.840. The van der Waals surface area contributed by atoms with Gasteiger partial charge in [0.2, 0.25) is 5.91 Å². The second kappa shape index (κ2) is 5.37. The Kier molecular flexibility index (Phi) is 3.42. The van der Waals surface area contributed by atoms with E-state index >= 15 is 0 Å². The number of fused-ring (bicyclic) bond motifs is 1. The molecule has 2 aromatic rings. The minimum Gasteiger partial charge on any atom is -0.497 e. The van der Waals surface area contributed by atoms with Crippen LogP contribution in [0.25, 0.3) is 16.8 Å². The van der Waals surface area contributed by atoms with Crippen molar-refractivity contribution in [2.45, 2.75) is 18.9 Å². The summed E-state index contributed by atoms with van der Waals surface area (Å²) < 4.78 is 5.21. The highest BCUT2D eigenvalue weighted by molar-refractivity contribution is 5.93. The monoisotopic (exact) mass is 267 g/mol. The summed E-state index contributed by atoms with van der Waals surface area (Å²) in [7, 11) is 1.66. The van der Waals surface area contributed by atoms with Gasteiger partial charge in [0.1, 0.15) is 5.75 Å². The Bertz CT molecular complexity index is 672. The zero-order valence-corrected chi connectivity index (χ0v) is 11.4. The average Bonchev–Trinajstić information content (AvgIpc) is 3.28. The molecule has 1 N–H and O–H groups in total. The molecule has 1 fully saturated rings. The molecule has 20 heavy (non-hydrogen) atoms. The Labute approximate surface area is 118 Å². The maximum atomic E-state index is 11.6. The van der Waals surface area contributed by atoms with Crippen LogP contribution >= 0.6 is 0 Å². The van der Waals surface area contributed by atoms with E-state index in [0.29, 0.717) is 6.04 Å². The molecule has 1 aliphatic rings. The number of hydrogen-bond acceptors (Lipinski definition) is 2. The van der Waals surface area contributed by atoms with Crippen molar-refractivity contribution >= 4 is 22.8 Å². The van der Waals surface area contributed by atoms with Crippen LogP contribution in [0.3, 0.4) is 0 Å². The third-order valence-corrected chi connectivity index (χ3v) is 3.42. The molecular weight excluding hydrogens is 250 g/mol. The van der Waals surface area contributed by atoms with Gasteiger partial charge in [0.15, 0.2) is 0 Å². The maximum absolute atomic E-state index is 11.6. The minimum atomic E-state index is -0.0117. The van der Waals surface area contributed by atoms with Gasteiger partial charge in [-0.15, -0.1) is 0 Å². The van der Waals surface area contributed by atoms with E-state index in [-0.39, 0.29) is 5.91 Å². The molecule has 3 nitrogen and oxygen atoms in total. The first-order chi connectivity index (χ1) is 9.74. The highest BCUT2D eigenvalue weighted by Crippen LogP contribution is 2.22. The van der Waals surface area contributed by atoms with Gasteiger partial charge in [-0.1, -0.05) is 18.2 Å². The molecule has 1 aliphatic carbocycles. The van der Waals surface area contributed by atoms with Gasteiger partial charge in [0.25, 0.3) is 0 Å². The normalized spacial score (nSPS) is 14.7. The van der Waals surface area contributed by atoms with Crippen molar-refractivity contribution in [1.29, 1.82) is 0 Å². The summed E-state index contributed by atoms with van der Waals surface area (Å²) in [6.07, 6.45) is 5.67. The van der Waals surface area contributed by atoms with Crippen LogP contribution in [0.2, 0.25) is 0 Å². The van der Waals surface area contributed by atoms with Crippen molar-refractivity contribution in [2.24, 2.45) is 0 Å². The Morgan fingerprint density at radius 1 is 1.20 bits per heavy atom. The number of hydrogen-bond donors (Lipinski definition) is 1. The molecule has 3 rings (SSSR count). The average molecular weight is 267 g/mol. The fourth-order valence-corrected chi connectivity index (χ4v) is 2.12. The lowest BCUT2D eigenvalue weighted by molar-refractivity contribution is -0.116. The van der Waals surface area contributed by atoms with Crippen molar-refractivity contribution in [1.82, 2.24) is 5.32 Å². The van der Waals surface area contributed by atoms with Crippen LogP contribution in [0.4, 0.5) is 0 Å². The van der Waals surface area contributed by atoms with E-state index in [2.05, 4.69) is 11.4 Å². The molecule has 0 bridgehead atoms. The van der Waals surface area contributed by atoms with Gasteiger partial charge in [-0.2, -0.15) is 0 Å². The summed E-state index contributed by atoms with van der Waals surface area (Å²) in [6, 6.07) is 12.5. The van der Waals surface area contributed by atoms with E-state index in [0.717, 1.165) is 34.9 Å². The predicted octanol–water partition coefficient (Wildman–Crippen LogP) is 3.14. The fourth-order valence-electron chi connectivity index (χ4n) is 2.12. The van der Waals surface area contributed by atoms with Crippen molar-refractivity contribution < 1.29 is 9.53 Å².